The molecule has 0 saturated carbocycles. The fourth-order valence-corrected chi connectivity index (χ4v) is 1.95. The van der Waals surface area contributed by atoms with E-state index in [2.05, 4.69) is 0 Å². The molecule has 0 saturated heterocycles. The summed E-state index contributed by atoms with van der Waals surface area (Å²) in [4.78, 5) is 22.4. The Morgan fingerprint density at radius 1 is 1.08 bits per heavy atom. The topological polar surface area (TPSA) is 113 Å². The summed E-state index contributed by atoms with van der Waals surface area (Å²) < 4.78 is 5.22. The minimum absolute atomic E-state index is 0.0510. The van der Waals surface area contributed by atoms with Gasteiger partial charge in [0.15, 0.2) is 0 Å². The number of esters is 1. The van der Waals surface area contributed by atoms with Crippen molar-refractivity contribution < 1.29 is 19.4 Å². The van der Waals surface area contributed by atoms with Gasteiger partial charge in [0.25, 0.3) is 0 Å². The van der Waals surface area contributed by atoms with Gasteiger partial charge in [-0.15, -0.1) is 0 Å². The molecule has 0 aromatic heterocycles. The van der Waals surface area contributed by atoms with Crippen LogP contribution in [0.1, 0.15) is 16.7 Å². The Kier molecular flexibility index (Phi) is 5.46. The van der Waals surface area contributed by atoms with Crippen LogP contribution in [0.15, 0.2) is 54.6 Å². The SMILES string of the molecule is N=C(N)c1ccc(OC(=O)Cc2ccc(C=CC(=O)O)cc2)cc1. The minimum atomic E-state index is -1.02. The van der Waals surface area contributed by atoms with Crippen LogP contribution in [0.3, 0.4) is 0 Å². The van der Waals surface area contributed by atoms with Crippen molar-refractivity contribution in [3.63, 3.8) is 0 Å². The summed E-state index contributed by atoms with van der Waals surface area (Å²) in [6.45, 7) is 0. The second-order valence-corrected chi connectivity index (χ2v) is 5.00. The summed E-state index contributed by atoms with van der Waals surface area (Å²) in [7, 11) is 0. The summed E-state index contributed by atoms with van der Waals surface area (Å²) in [5, 5.41) is 15.9. The third-order valence-corrected chi connectivity index (χ3v) is 3.14. The number of carbonyl (C=O) groups excluding carboxylic acids is 1. The van der Waals surface area contributed by atoms with Crippen molar-refractivity contribution in [2.24, 2.45) is 5.73 Å². The van der Waals surface area contributed by atoms with E-state index in [0.29, 0.717) is 11.3 Å². The number of hydrogen-bond acceptors (Lipinski definition) is 4. The molecule has 0 amide bonds. The summed E-state index contributed by atoms with van der Waals surface area (Å²) in [5.41, 5.74) is 7.40. The lowest BCUT2D eigenvalue weighted by atomic mass is 10.1. The zero-order valence-corrected chi connectivity index (χ0v) is 12.7. The standard InChI is InChI=1S/C18H16N2O4/c19-18(20)14-6-8-15(9-7-14)24-17(23)11-13-3-1-12(2-4-13)5-10-16(21)22/h1-10H,11H2,(H3,19,20)(H,21,22). The molecule has 0 heterocycles. The average Bonchev–Trinajstić information content (AvgIpc) is 2.54. The number of hydrogen-bond donors (Lipinski definition) is 3. The minimum Gasteiger partial charge on any atom is -0.478 e. The number of amidine groups is 1. The Morgan fingerprint density at radius 3 is 2.25 bits per heavy atom. The van der Waals surface area contributed by atoms with Gasteiger partial charge in [0.2, 0.25) is 0 Å². The van der Waals surface area contributed by atoms with E-state index in [4.69, 9.17) is 21.0 Å². The lowest BCUT2D eigenvalue weighted by Gasteiger charge is -2.06. The number of carboxylic acids is 1. The van der Waals surface area contributed by atoms with Gasteiger partial charge < -0.3 is 15.6 Å². The number of ether oxygens (including phenoxy) is 1. The lowest BCUT2D eigenvalue weighted by Crippen LogP contribution is -2.12. The highest BCUT2D eigenvalue weighted by molar-refractivity contribution is 5.95. The average molecular weight is 324 g/mol. The first kappa shape index (κ1) is 17.0. The van der Waals surface area contributed by atoms with Crippen LogP contribution >= 0.6 is 0 Å². The van der Waals surface area contributed by atoms with Crippen LogP contribution < -0.4 is 10.5 Å². The normalized spacial score (nSPS) is 10.5. The van der Waals surface area contributed by atoms with Gasteiger partial charge in [0, 0.05) is 11.6 Å². The van der Waals surface area contributed by atoms with Gasteiger partial charge in [0.05, 0.1) is 6.42 Å². The Labute approximate surface area is 138 Å². The Balaban J connectivity index is 1.94. The fraction of sp³-hybridized carbons (Fsp3) is 0.0556. The number of carboxylic acid groups (broad SMARTS) is 1. The Hall–Kier alpha value is -3.41. The Morgan fingerprint density at radius 2 is 1.71 bits per heavy atom. The van der Waals surface area contributed by atoms with Crippen LogP contribution in [0.2, 0.25) is 0 Å². The van der Waals surface area contributed by atoms with E-state index in [1.54, 1.807) is 48.5 Å². The maximum Gasteiger partial charge on any atom is 0.328 e. The highest BCUT2D eigenvalue weighted by Crippen LogP contribution is 2.14. The molecule has 0 spiro atoms. The van der Waals surface area contributed by atoms with Crippen molar-refractivity contribution in [1.82, 2.24) is 0 Å². The molecule has 0 aliphatic heterocycles. The molecule has 2 rings (SSSR count). The molecule has 2 aromatic rings. The van der Waals surface area contributed by atoms with E-state index in [9.17, 15) is 9.59 Å². The van der Waals surface area contributed by atoms with E-state index in [1.165, 1.54) is 6.08 Å². The van der Waals surface area contributed by atoms with Crippen molar-refractivity contribution in [3.05, 3.63) is 71.3 Å². The molecule has 6 heteroatoms. The zero-order chi connectivity index (χ0) is 17.5. The number of nitrogen functional groups attached to an aromatic ring is 1. The van der Waals surface area contributed by atoms with E-state index >= 15 is 0 Å². The maximum atomic E-state index is 11.9. The van der Waals surface area contributed by atoms with E-state index in [0.717, 1.165) is 17.2 Å². The first-order valence-corrected chi connectivity index (χ1v) is 7.09. The molecule has 2 aromatic carbocycles. The maximum absolute atomic E-state index is 11.9. The van der Waals surface area contributed by atoms with Gasteiger partial charge in [-0.25, -0.2) is 4.79 Å². The molecule has 0 fully saturated rings. The molecule has 0 aliphatic rings. The molecule has 0 bridgehead atoms. The quantitative estimate of drug-likeness (QED) is 0.248. The first-order chi connectivity index (χ1) is 11.4. The molecule has 0 unspecified atom stereocenters. The third-order valence-electron chi connectivity index (χ3n) is 3.14. The summed E-state index contributed by atoms with van der Waals surface area (Å²) >= 11 is 0. The molecule has 6 nitrogen and oxygen atoms in total. The van der Waals surface area contributed by atoms with Crippen LogP contribution in [-0.2, 0) is 16.0 Å². The summed E-state index contributed by atoms with van der Waals surface area (Å²) in [6, 6.07) is 13.3. The van der Waals surface area contributed by atoms with Gasteiger partial charge in [-0.3, -0.25) is 10.2 Å². The molecule has 0 atom stereocenters. The van der Waals surface area contributed by atoms with E-state index in [-0.39, 0.29) is 12.3 Å². The van der Waals surface area contributed by atoms with Gasteiger partial charge in [-0.05, 0) is 41.5 Å². The number of aliphatic carboxylic acids is 1. The highest BCUT2D eigenvalue weighted by Gasteiger charge is 2.07. The zero-order valence-electron chi connectivity index (χ0n) is 12.7. The molecule has 4 N–H and O–H groups in total. The highest BCUT2D eigenvalue weighted by atomic mass is 16.5. The monoisotopic (exact) mass is 324 g/mol. The first-order valence-electron chi connectivity index (χ1n) is 7.09. The predicted molar refractivity (Wildman–Crippen MR) is 89.9 cm³/mol. The van der Waals surface area contributed by atoms with Crippen molar-refractivity contribution >= 4 is 23.9 Å². The number of carbonyl (C=O) groups is 2. The summed E-state index contributed by atoms with van der Waals surface area (Å²) in [5.74, 6) is -1.10. The van der Waals surface area contributed by atoms with Crippen LogP contribution in [0.4, 0.5) is 0 Å². The molecule has 24 heavy (non-hydrogen) atoms. The second kappa shape index (κ2) is 7.73. The van der Waals surface area contributed by atoms with Crippen molar-refractivity contribution in [2.45, 2.75) is 6.42 Å². The van der Waals surface area contributed by atoms with Crippen molar-refractivity contribution in [3.8, 4) is 5.75 Å². The number of nitrogens with two attached hydrogens (primary N) is 1. The van der Waals surface area contributed by atoms with Crippen molar-refractivity contribution in [2.75, 3.05) is 0 Å². The number of benzene rings is 2. The number of nitrogens with one attached hydrogen (secondary N) is 1. The molecule has 122 valence electrons. The van der Waals surface area contributed by atoms with Gasteiger partial charge in [-0.1, -0.05) is 24.3 Å². The fourth-order valence-electron chi connectivity index (χ4n) is 1.95. The third kappa shape index (κ3) is 5.10. The Bertz CT molecular complexity index is 778. The number of rotatable bonds is 6. The lowest BCUT2D eigenvalue weighted by molar-refractivity contribution is -0.134. The van der Waals surface area contributed by atoms with Crippen molar-refractivity contribution in [1.29, 1.82) is 5.41 Å². The molecule has 0 aliphatic carbocycles. The second-order valence-electron chi connectivity index (χ2n) is 5.00. The molecule has 0 radical (unpaired) electrons. The summed E-state index contributed by atoms with van der Waals surface area (Å²) in [6.07, 6.45) is 2.62. The smallest absolute Gasteiger partial charge is 0.328 e. The van der Waals surface area contributed by atoms with Gasteiger partial charge >= 0.3 is 11.9 Å². The van der Waals surface area contributed by atoms with Crippen LogP contribution in [0.5, 0.6) is 5.75 Å². The van der Waals surface area contributed by atoms with Crippen LogP contribution in [-0.4, -0.2) is 22.9 Å². The van der Waals surface area contributed by atoms with Crippen LogP contribution in [0.25, 0.3) is 6.08 Å². The predicted octanol–water partition coefficient (Wildman–Crippen LogP) is 2.22. The van der Waals surface area contributed by atoms with E-state index < -0.39 is 11.9 Å². The van der Waals surface area contributed by atoms with Crippen LogP contribution in [0, 0.1) is 5.41 Å². The largest absolute Gasteiger partial charge is 0.478 e. The van der Waals surface area contributed by atoms with Gasteiger partial charge in [-0.2, -0.15) is 0 Å². The van der Waals surface area contributed by atoms with E-state index in [1.807, 2.05) is 0 Å². The molecular formula is C18H16N2O4. The van der Waals surface area contributed by atoms with Gasteiger partial charge in [0.1, 0.15) is 11.6 Å². The molecular weight excluding hydrogens is 308 g/mol.